The van der Waals surface area contributed by atoms with Crippen LogP contribution in [0.4, 0.5) is 0 Å². The summed E-state index contributed by atoms with van der Waals surface area (Å²) in [6.07, 6.45) is 7.73. The monoisotopic (exact) mass is 185 g/mol. The molecule has 0 radical (unpaired) electrons. The largest absolute Gasteiger partial charge is 0.396 e. The van der Waals surface area contributed by atoms with Gasteiger partial charge < -0.3 is 10.4 Å². The Morgan fingerprint density at radius 1 is 1.31 bits per heavy atom. The Morgan fingerprint density at radius 2 is 2.08 bits per heavy atom. The van der Waals surface area contributed by atoms with E-state index < -0.39 is 0 Å². The van der Waals surface area contributed by atoms with Crippen molar-refractivity contribution in [3.05, 3.63) is 0 Å². The van der Waals surface area contributed by atoms with Crippen molar-refractivity contribution in [1.82, 2.24) is 5.32 Å². The first-order chi connectivity index (χ1) is 6.38. The van der Waals surface area contributed by atoms with Crippen LogP contribution in [0.5, 0.6) is 0 Å². The van der Waals surface area contributed by atoms with E-state index in [0.717, 1.165) is 24.9 Å². The van der Waals surface area contributed by atoms with Crippen molar-refractivity contribution in [3.63, 3.8) is 0 Å². The van der Waals surface area contributed by atoms with Gasteiger partial charge in [0.2, 0.25) is 0 Å². The topological polar surface area (TPSA) is 32.3 Å². The molecule has 78 valence electrons. The van der Waals surface area contributed by atoms with Gasteiger partial charge in [0.25, 0.3) is 0 Å². The normalized spacial score (nSPS) is 29.1. The van der Waals surface area contributed by atoms with Crippen LogP contribution in [0, 0.1) is 5.92 Å². The molecule has 2 heteroatoms. The molecule has 0 amide bonds. The summed E-state index contributed by atoms with van der Waals surface area (Å²) in [5, 5.41) is 12.2. The Kier molecular flexibility index (Phi) is 5.40. The minimum atomic E-state index is 0.316. The Labute approximate surface area is 81.7 Å². The predicted molar refractivity (Wildman–Crippen MR) is 55.7 cm³/mol. The van der Waals surface area contributed by atoms with Crippen LogP contribution in [0.1, 0.15) is 45.4 Å². The molecule has 0 aromatic heterocycles. The number of rotatable bonds is 5. The second kappa shape index (κ2) is 6.39. The zero-order chi connectivity index (χ0) is 9.52. The van der Waals surface area contributed by atoms with Gasteiger partial charge in [-0.1, -0.05) is 26.2 Å². The van der Waals surface area contributed by atoms with E-state index in [4.69, 9.17) is 5.11 Å². The van der Waals surface area contributed by atoms with Crippen LogP contribution in [0.3, 0.4) is 0 Å². The summed E-state index contributed by atoms with van der Waals surface area (Å²) in [7, 11) is 0. The fourth-order valence-electron chi connectivity index (χ4n) is 2.33. The molecule has 13 heavy (non-hydrogen) atoms. The van der Waals surface area contributed by atoms with E-state index >= 15 is 0 Å². The van der Waals surface area contributed by atoms with Gasteiger partial charge in [-0.2, -0.15) is 0 Å². The molecule has 0 spiro atoms. The quantitative estimate of drug-likeness (QED) is 0.641. The van der Waals surface area contributed by atoms with Crippen molar-refractivity contribution < 1.29 is 5.11 Å². The van der Waals surface area contributed by atoms with Crippen LogP contribution in [-0.2, 0) is 0 Å². The maximum absolute atomic E-state index is 8.68. The maximum Gasteiger partial charge on any atom is 0.0443 e. The molecule has 2 N–H and O–H groups in total. The highest BCUT2D eigenvalue weighted by atomic mass is 16.3. The highest BCUT2D eigenvalue weighted by Gasteiger charge is 2.22. The van der Waals surface area contributed by atoms with E-state index in [9.17, 15) is 0 Å². The number of hydrogen-bond acceptors (Lipinski definition) is 2. The van der Waals surface area contributed by atoms with Gasteiger partial charge in [0.05, 0.1) is 0 Å². The lowest BCUT2D eigenvalue weighted by Gasteiger charge is -2.31. The standard InChI is InChI=1S/C11H23NO/c1-2-10-6-3-4-7-11(10)12-8-5-9-13/h10-13H,2-9H2,1H3. The summed E-state index contributed by atoms with van der Waals surface area (Å²) in [6.45, 7) is 3.59. The third kappa shape index (κ3) is 3.65. The molecule has 0 aromatic carbocycles. The highest BCUT2D eigenvalue weighted by Crippen LogP contribution is 2.26. The van der Waals surface area contributed by atoms with Crippen molar-refractivity contribution in [2.75, 3.05) is 13.2 Å². The summed E-state index contributed by atoms with van der Waals surface area (Å²) < 4.78 is 0. The van der Waals surface area contributed by atoms with Crippen LogP contribution < -0.4 is 5.32 Å². The van der Waals surface area contributed by atoms with Crippen LogP contribution in [0.2, 0.25) is 0 Å². The van der Waals surface area contributed by atoms with Crippen molar-refractivity contribution >= 4 is 0 Å². The van der Waals surface area contributed by atoms with Crippen molar-refractivity contribution in [3.8, 4) is 0 Å². The molecule has 0 bridgehead atoms. The summed E-state index contributed by atoms with van der Waals surface area (Å²) in [5.41, 5.74) is 0. The average molecular weight is 185 g/mol. The summed E-state index contributed by atoms with van der Waals surface area (Å²) >= 11 is 0. The Bertz CT molecular complexity index is 127. The second-order valence-corrected chi connectivity index (χ2v) is 4.09. The van der Waals surface area contributed by atoms with Gasteiger partial charge in [0, 0.05) is 12.6 Å². The van der Waals surface area contributed by atoms with Gasteiger partial charge >= 0.3 is 0 Å². The van der Waals surface area contributed by atoms with Crippen LogP contribution in [-0.4, -0.2) is 24.3 Å². The van der Waals surface area contributed by atoms with Crippen molar-refractivity contribution in [2.24, 2.45) is 5.92 Å². The van der Waals surface area contributed by atoms with Gasteiger partial charge in [-0.15, -0.1) is 0 Å². The van der Waals surface area contributed by atoms with Gasteiger partial charge in [-0.25, -0.2) is 0 Å². The lowest BCUT2D eigenvalue weighted by molar-refractivity contribution is 0.240. The molecule has 0 saturated heterocycles. The first-order valence-electron chi connectivity index (χ1n) is 5.72. The molecule has 2 unspecified atom stereocenters. The van der Waals surface area contributed by atoms with E-state index in [-0.39, 0.29) is 0 Å². The van der Waals surface area contributed by atoms with E-state index in [1.165, 1.54) is 32.1 Å². The van der Waals surface area contributed by atoms with Crippen LogP contribution in [0.15, 0.2) is 0 Å². The molecule has 1 aliphatic rings. The molecule has 1 saturated carbocycles. The molecule has 0 heterocycles. The lowest BCUT2D eigenvalue weighted by Crippen LogP contribution is -2.38. The number of aliphatic hydroxyl groups excluding tert-OH is 1. The average Bonchev–Trinajstić information content (AvgIpc) is 2.19. The third-order valence-electron chi connectivity index (χ3n) is 3.17. The molecule has 2 atom stereocenters. The molecular formula is C11H23NO. The number of aliphatic hydroxyl groups is 1. The Balaban J connectivity index is 2.19. The Hall–Kier alpha value is -0.0800. The summed E-state index contributed by atoms with van der Waals surface area (Å²) in [6, 6.07) is 0.727. The highest BCUT2D eigenvalue weighted by molar-refractivity contribution is 4.79. The van der Waals surface area contributed by atoms with Gasteiger partial charge in [-0.3, -0.25) is 0 Å². The van der Waals surface area contributed by atoms with Crippen molar-refractivity contribution in [1.29, 1.82) is 0 Å². The van der Waals surface area contributed by atoms with E-state index in [1.54, 1.807) is 0 Å². The first-order valence-corrected chi connectivity index (χ1v) is 5.72. The Morgan fingerprint density at radius 3 is 2.77 bits per heavy atom. The van der Waals surface area contributed by atoms with Crippen LogP contribution >= 0.6 is 0 Å². The van der Waals surface area contributed by atoms with Gasteiger partial charge in [0.1, 0.15) is 0 Å². The zero-order valence-electron chi connectivity index (χ0n) is 8.76. The third-order valence-corrected chi connectivity index (χ3v) is 3.17. The summed E-state index contributed by atoms with van der Waals surface area (Å²) in [4.78, 5) is 0. The minimum absolute atomic E-state index is 0.316. The zero-order valence-corrected chi connectivity index (χ0v) is 8.76. The SMILES string of the molecule is CCC1CCCCC1NCCCO. The second-order valence-electron chi connectivity index (χ2n) is 4.09. The van der Waals surface area contributed by atoms with Crippen molar-refractivity contribution in [2.45, 2.75) is 51.5 Å². The van der Waals surface area contributed by atoms with Gasteiger partial charge in [0.15, 0.2) is 0 Å². The number of nitrogens with one attached hydrogen (secondary N) is 1. The molecule has 1 fully saturated rings. The van der Waals surface area contributed by atoms with Gasteiger partial charge in [-0.05, 0) is 31.7 Å². The van der Waals surface area contributed by atoms with Crippen LogP contribution in [0.25, 0.3) is 0 Å². The molecule has 0 aromatic rings. The smallest absolute Gasteiger partial charge is 0.0443 e. The number of hydrogen-bond donors (Lipinski definition) is 2. The fraction of sp³-hybridized carbons (Fsp3) is 1.00. The molecule has 0 aliphatic heterocycles. The lowest BCUT2D eigenvalue weighted by atomic mass is 9.83. The maximum atomic E-state index is 8.68. The van der Waals surface area contributed by atoms with E-state index in [1.807, 2.05) is 0 Å². The fourth-order valence-corrected chi connectivity index (χ4v) is 2.33. The molecule has 1 aliphatic carbocycles. The predicted octanol–water partition coefficient (Wildman–Crippen LogP) is 1.93. The first kappa shape index (κ1) is 11.0. The van der Waals surface area contributed by atoms with E-state index in [2.05, 4.69) is 12.2 Å². The molecule has 1 rings (SSSR count). The minimum Gasteiger partial charge on any atom is -0.396 e. The van der Waals surface area contributed by atoms with E-state index in [0.29, 0.717) is 6.61 Å². The molecular weight excluding hydrogens is 162 g/mol. The molecule has 2 nitrogen and oxygen atoms in total. The summed E-state index contributed by atoms with van der Waals surface area (Å²) in [5.74, 6) is 0.882.